The number of nitrogen functional groups attached to an aromatic ring is 1. The first-order valence-corrected chi connectivity index (χ1v) is 11.8. The fourth-order valence-corrected chi connectivity index (χ4v) is 4.67. The molecule has 1 heterocycles. The van der Waals surface area contributed by atoms with E-state index >= 15 is 0 Å². The predicted molar refractivity (Wildman–Crippen MR) is 137 cm³/mol. The molecule has 1 aliphatic heterocycles. The van der Waals surface area contributed by atoms with Crippen LogP contribution in [0.4, 0.5) is 0 Å². The van der Waals surface area contributed by atoms with E-state index in [9.17, 15) is 9.59 Å². The Kier molecular flexibility index (Phi) is 7.57. The summed E-state index contributed by atoms with van der Waals surface area (Å²) in [6.07, 6.45) is 1.36. The zero-order chi connectivity index (χ0) is 24.8. The molecular formula is C28H31N5O2. The van der Waals surface area contributed by atoms with Crippen molar-refractivity contribution >= 4 is 17.6 Å². The van der Waals surface area contributed by atoms with E-state index in [2.05, 4.69) is 5.32 Å². The highest BCUT2D eigenvalue weighted by Crippen LogP contribution is 2.30. The number of carbonyl (C=O) groups excluding carboxylic acids is 2. The van der Waals surface area contributed by atoms with Gasteiger partial charge in [0.05, 0.1) is 6.04 Å². The summed E-state index contributed by atoms with van der Waals surface area (Å²) in [5.74, 6) is -0.712. The lowest BCUT2D eigenvalue weighted by Gasteiger charge is -2.31. The minimum Gasteiger partial charge on any atom is -0.384 e. The summed E-state index contributed by atoms with van der Waals surface area (Å²) in [7, 11) is 0. The molecule has 7 heteroatoms. The molecule has 0 aromatic heterocycles. The third-order valence-corrected chi connectivity index (χ3v) is 6.53. The van der Waals surface area contributed by atoms with Crippen LogP contribution in [0.5, 0.6) is 0 Å². The molecule has 7 nitrogen and oxygen atoms in total. The molecule has 180 valence electrons. The van der Waals surface area contributed by atoms with Crippen LogP contribution in [-0.4, -0.2) is 41.2 Å². The van der Waals surface area contributed by atoms with Crippen molar-refractivity contribution in [2.75, 3.05) is 6.54 Å². The average molecular weight is 470 g/mol. The van der Waals surface area contributed by atoms with Crippen molar-refractivity contribution in [3.05, 3.63) is 107 Å². The number of likely N-dealkylation sites (tertiary alicyclic amines) is 1. The Bertz CT molecular complexity index is 1130. The normalized spacial score (nSPS) is 16.2. The second-order valence-electron chi connectivity index (χ2n) is 8.84. The van der Waals surface area contributed by atoms with Gasteiger partial charge in [-0.15, -0.1) is 0 Å². The molecule has 0 saturated carbocycles. The van der Waals surface area contributed by atoms with E-state index < -0.39 is 12.1 Å². The van der Waals surface area contributed by atoms with Gasteiger partial charge in [-0.25, -0.2) is 0 Å². The van der Waals surface area contributed by atoms with E-state index in [0.29, 0.717) is 25.1 Å². The van der Waals surface area contributed by atoms with Gasteiger partial charge in [0.15, 0.2) is 0 Å². The molecule has 2 atom stereocenters. The summed E-state index contributed by atoms with van der Waals surface area (Å²) in [6.45, 7) is 0.840. The first-order chi connectivity index (χ1) is 17.0. The first-order valence-electron chi connectivity index (χ1n) is 11.8. The van der Waals surface area contributed by atoms with Crippen molar-refractivity contribution in [2.24, 2.45) is 11.5 Å². The Morgan fingerprint density at radius 3 is 2.06 bits per heavy atom. The molecule has 0 aliphatic carbocycles. The molecule has 1 saturated heterocycles. The molecular weight excluding hydrogens is 438 g/mol. The van der Waals surface area contributed by atoms with Crippen molar-refractivity contribution in [1.82, 2.24) is 10.2 Å². The first kappa shape index (κ1) is 24.2. The van der Waals surface area contributed by atoms with E-state index in [1.54, 1.807) is 17.0 Å². The number of hydrogen-bond donors (Lipinski definition) is 4. The molecule has 2 amide bonds. The van der Waals surface area contributed by atoms with Crippen LogP contribution in [0.3, 0.4) is 0 Å². The highest BCUT2D eigenvalue weighted by molar-refractivity contribution is 5.95. The predicted octanol–water partition coefficient (Wildman–Crippen LogP) is 2.74. The minimum absolute atomic E-state index is 0.00124. The molecule has 1 unspecified atom stereocenters. The van der Waals surface area contributed by atoms with Crippen LogP contribution in [-0.2, 0) is 16.1 Å². The molecule has 35 heavy (non-hydrogen) atoms. The second-order valence-corrected chi connectivity index (χ2v) is 8.84. The molecule has 3 aromatic rings. The third-order valence-electron chi connectivity index (χ3n) is 6.53. The van der Waals surface area contributed by atoms with Crippen LogP contribution < -0.4 is 16.8 Å². The smallest absolute Gasteiger partial charge is 0.243 e. The summed E-state index contributed by atoms with van der Waals surface area (Å²) in [5.41, 5.74) is 15.6. The summed E-state index contributed by atoms with van der Waals surface area (Å²) < 4.78 is 0. The highest BCUT2D eigenvalue weighted by atomic mass is 16.2. The maximum atomic E-state index is 13.6. The molecule has 1 fully saturated rings. The summed E-state index contributed by atoms with van der Waals surface area (Å²) >= 11 is 0. The summed E-state index contributed by atoms with van der Waals surface area (Å²) in [5, 5.41) is 10.4. The third kappa shape index (κ3) is 5.58. The van der Waals surface area contributed by atoms with E-state index in [0.717, 1.165) is 23.1 Å². The number of nitrogens with one attached hydrogen (secondary N) is 2. The lowest BCUT2D eigenvalue weighted by molar-refractivity contribution is -0.139. The average Bonchev–Trinajstić information content (AvgIpc) is 3.38. The number of hydrogen-bond acceptors (Lipinski definition) is 4. The largest absolute Gasteiger partial charge is 0.384 e. The van der Waals surface area contributed by atoms with Gasteiger partial charge in [-0.05, 0) is 29.5 Å². The molecule has 1 aliphatic rings. The van der Waals surface area contributed by atoms with Crippen LogP contribution in [0.1, 0.15) is 41.0 Å². The van der Waals surface area contributed by atoms with Crippen LogP contribution in [0.25, 0.3) is 0 Å². The van der Waals surface area contributed by atoms with Gasteiger partial charge >= 0.3 is 0 Å². The fourth-order valence-electron chi connectivity index (χ4n) is 4.67. The van der Waals surface area contributed by atoms with Crippen LogP contribution in [0.2, 0.25) is 0 Å². The monoisotopic (exact) mass is 469 g/mol. The van der Waals surface area contributed by atoms with Crippen molar-refractivity contribution in [3.8, 4) is 0 Å². The number of rotatable bonds is 8. The van der Waals surface area contributed by atoms with E-state index in [-0.39, 0.29) is 23.6 Å². The Morgan fingerprint density at radius 2 is 1.51 bits per heavy atom. The zero-order valence-electron chi connectivity index (χ0n) is 19.6. The fraction of sp³-hybridized carbons (Fsp3) is 0.250. The summed E-state index contributed by atoms with van der Waals surface area (Å²) in [4.78, 5) is 28.3. The van der Waals surface area contributed by atoms with Crippen molar-refractivity contribution in [3.63, 3.8) is 0 Å². The quantitative estimate of drug-likeness (QED) is 0.299. The van der Waals surface area contributed by atoms with Crippen LogP contribution in [0, 0.1) is 5.41 Å². The Balaban J connectivity index is 1.47. The Labute approximate surface area is 205 Å². The SMILES string of the molecule is N=C(N)c1ccc(CNC(=O)[C@@H]2CCCN2C(=O)C(N)C(c2ccccc2)c2ccccc2)cc1. The van der Waals surface area contributed by atoms with Gasteiger partial charge < -0.3 is 21.7 Å². The minimum atomic E-state index is -0.813. The van der Waals surface area contributed by atoms with Gasteiger partial charge in [0, 0.05) is 24.6 Å². The summed E-state index contributed by atoms with van der Waals surface area (Å²) in [6, 6.07) is 25.4. The van der Waals surface area contributed by atoms with E-state index in [1.165, 1.54) is 0 Å². The van der Waals surface area contributed by atoms with Gasteiger partial charge in [0.25, 0.3) is 0 Å². The molecule has 0 spiro atoms. The van der Waals surface area contributed by atoms with Crippen LogP contribution in [0.15, 0.2) is 84.9 Å². The number of amides is 2. The Hall–Kier alpha value is -3.97. The van der Waals surface area contributed by atoms with Gasteiger partial charge in [0.1, 0.15) is 11.9 Å². The van der Waals surface area contributed by atoms with Gasteiger partial charge in [-0.3, -0.25) is 15.0 Å². The van der Waals surface area contributed by atoms with Crippen molar-refractivity contribution in [1.29, 1.82) is 5.41 Å². The standard InChI is InChI=1S/C28H31N5O2/c29-25(24(20-8-3-1-4-9-20)21-10-5-2-6-11-21)28(35)33-17-7-12-23(33)27(34)32-18-19-13-15-22(16-14-19)26(30)31/h1-6,8-11,13-16,23-25H,7,12,17-18,29H2,(H3,30,31)(H,32,34)/t23-,25?/m0/s1. The molecule has 4 rings (SSSR count). The molecule has 6 N–H and O–H groups in total. The molecule has 0 radical (unpaired) electrons. The number of nitrogens with zero attached hydrogens (tertiary/aromatic N) is 1. The van der Waals surface area contributed by atoms with Gasteiger partial charge in [-0.2, -0.15) is 0 Å². The zero-order valence-corrected chi connectivity index (χ0v) is 19.6. The van der Waals surface area contributed by atoms with E-state index in [1.807, 2.05) is 72.8 Å². The number of amidine groups is 1. The molecule has 3 aromatic carbocycles. The van der Waals surface area contributed by atoms with Crippen LogP contribution >= 0.6 is 0 Å². The lowest BCUT2D eigenvalue weighted by Crippen LogP contribution is -2.52. The second kappa shape index (κ2) is 11.0. The van der Waals surface area contributed by atoms with E-state index in [4.69, 9.17) is 16.9 Å². The topological polar surface area (TPSA) is 125 Å². The number of carbonyl (C=O) groups is 2. The number of benzene rings is 3. The van der Waals surface area contributed by atoms with Crippen molar-refractivity contribution < 1.29 is 9.59 Å². The van der Waals surface area contributed by atoms with Gasteiger partial charge in [-0.1, -0.05) is 84.9 Å². The highest BCUT2D eigenvalue weighted by Gasteiger charge is 2.39. The van der Waals surface area contributed by atoms with Gasteiger partial charge in [0.2, 0.25) is 11.8 Å². The van der Waals surface area contributed by atoms with Crippen molar-refractivity contribution in [2.45, 2.75) is 37.4 Å². The maximum Gasteiger partial charge on any atom is 0.243 e. The lowest BCUT2D eigenvalue weighted by atomic mass is 9.84. The number of nitrogens with two attached hydrogens (primary N) is 2. The Morgan fingerprint density at radius 1 is 0.943 bits per heavy atom. The molecule has 0 bridgehead atoms. The maximum absolute atomic E-state index is 13.6.